The minimum absolute atomic E-state index is 0.454. The summed E-state index contributed by atoms with van der Waals surface area (Å²) >= 11 is 0. The summed E-state index contributed by atoms with van der Waals surface area (Å²) in [5.41, 5.74) is 0.454. The molecule has 1 rings (SSSR count). The number of rotatable bonds is 10. The average Bonchev–Trinajstić information content (AvgIpc) is 2.49. The van der Waals surface area contributed by atoms with Crippen LogP contribution in [0.5, 0.6) is 0 Å². The van der Waals surface area contributed by atoms with Crippen LogP contribution in [0.15, 0.2) is 0 Å². The van der Waals surface area contributed by atoms with Crippen molar-refractivity contribution in [2.45, 2.75) is 52.9 Å². The van der Waals surface area contributed by atoms with Crippen LogP contribution in [0.2, 0.25) is 0 Å². The van der Waals surface area contributed by atoms with Crippen LogP contribution in [-0.4, -0.2) is 63.2 Å². The molecule has 0 unspecified atom stereocenters. The van der Waals surface area contributed by atoms with Crippen molar-refractivity contribution in [1.29, 1.82) is 0 Å². The summed E-state index contributed by atoms with van der Waals surface area (Å²) in [5, 5.41) is 3.66. The van der Waals surface area contributed by atoms with Gasteiger partial charge in [-0.05, 0) is 77.2 Å². The average molecular weight is 298 g/mol. The largest absolute Gasteiger partial charge is 0.316 e. The lowest BCUT2D eigenvalue weighted by Gasteiger charge is -2.38. The highest BCUT2D eigenvalue weighted by atomic mass is 15.1. The Balaban J connectivity index is 2.41. The van der Waals surface area contributed by atoms with Crippen LogP contribution in [0.4, 0.5) is 0 Å². The zero-order valence-electron chi connectivity index (χ0n) is 15.2. The molecule has 1 aliphatic heterocycles. The van der Waals surface area contributed by atoms with E-state index in [0.717, 1.165) is 12.5 Å². The second kappa shape index (κ2) is 9.81. The van der Waals surface area contributed by atoms with E-state index in [2.05, 4.69) is 50.0 Å². The fourth-order valence-electron chi connectivity index (χ4n) is 3.63. The normalized spacial score (nSPS) is 18.6. The zero-order chi connectivity index (χ0) is 15.7. The molecule has 0 spiro atoms. The van der Waals surface area contributed by atoms with E-state index in [1.54, 1.807) is 0 Å². The second-order valence-electron chi connectivity index (χ2n) is 7.33. The van der Waals surface area contributed by atoms with Crippen LogP contribution in [-0.2, 0) is 0 Å². The van der Waals surface area contributed by atoms with E-state index in [-0.39, 0.29) is 0 Å². The molecule has 0 radical (unpaired) electrons. The molecular weight excluding hydrogens is 258 g/mol. The molecule has 126 valence electrons. The summed E-state index contributed by atoms with van der Waals surface area (Å²) in [5.74, 6) is 0.904. The van der Waals surface area contributed by atoms with E-state index in [4.69, 9.17) is 0 Å². The highest BCUT2D eigenvalue weighted by Gasteiger charge is 2.28. The van der Waals surface area contributed by atoms with Gasteiger partial charge in [0.2, 0.25) is 0 Å². The summed E-state index contributed by atoms with van der Waals surface area (Å²) in [7, 11) is 4.58. The predicted molar refractivity (Wildman–Crippen MR) is 93.9 cm³/mol. The lowest BCUT2D eigenvalue weighted by atomic mass is 9.81. The van der Waals surface area contributed by atoms with Gasteiger partial charge >= 0.3 is 0 Å². The Morgan fingerprint density at radius 2 is 1.76 bits per heavy atom. The number of likely N-dealkylation sites (tertiary alicyclic amines) is 1. The van der Waals surface area contributed by atoms with Gasteiger partial charge in [0.1, 0.15) is 0 Å². The van der Waals surface area contributed by atoms with Gasteiger partial charge in [-0.15, -0.1) is 0 Å². The number of nitrogens with one attached hydrogen (secondary N) is 1. The minimum Gasteiger partial charge on any atom is -0.316 e. The first-order valence-corrected chi connectivity index (χ1v) is 9.13. The van der Waals surface area contributed by atoms with Gasteiger partial charge in [0.05, 0.1) is 0 Å². The van der Waals surface area contributed by atoms with E-state index < -0.39 is 0 Å². The van der Waals surface area contributed by atoms with Crippen molar-refractivity contribution in [1.82, 2.24) is 15.1 Å². The minimum atomic E-state index is 0.454. The molecule has 1 aliphatic rings. The van der Waals surface area contributed by atoms with Crippen LogP contribution in [0.1, 0.15) is 52.9 Å². The third-order valence-corrected chi connectivity index (χ3v) is 5.44. The van der Waals surface area contributed by atoms with Gasteiger partial charge in [-0.25, -0.2) is 0 Å². The third-order valence-electron chi connectivity index (χ3n) is 5.44. The van der Waals surface area contributed by atoms with E-state index in [1.165, 1.54) is 64.8 Å². The Morgan fingerprint density at radius 3 is 2.29 bits per heavy atom. The van der Waals surface area contributed by atoms with Crippen molar-refractivity contribution in [2.24, 2.45) is 11.3 Å². The van der Waals surface area contributed by atoms with Gasteiger partial charge in [0.25, 0.3) is 0 Å². The number of hydrogen-bond acceptors (Lipinski definition) is 3. The Morgan fingerprint density at radius 1 is 1.14 bits per heavy atom. The van der Waals surface area contributed by atoms with E-state index in [0.29, 0.717) is 5.41 Å². The topological polar surface area (TPSA) is 18.5 Å². The number of piperidine rings is 1. The predicted octanol–water partition coefficient (Wildman–Crippen LogP) is 3.07. The molecule has 0 aromatic rings. The summed E-state index contributed by atoms with van der Waals surface area (Å²) < 4.78 is 0. The SMILES string of the molecule is CCCNCC(CC)(CC)CN(C)CC1CCN(C)CC1. The molecule has 0 amide bonds. The Hall–Kier alpha value is -0.120. The Labute approximate surface area is 133 Å². The first-order valence-electron chi connectivity index (χ1n) is 9.13. The number of hydrogen-bond donors (Lipinski definition) is 1. The first kappa shape index (κ1) is 18.9. The molecule has 1 saturated heterocycles. The molecule has 0 bridgehead atoms. The monoisotopic (exact) mass is 297 g/mol. The third kappa shape index (κ3) is 6.66. The maximum absolute atomic E-state index is 3.66. The van der Waals surface area contributed by atoms with Gasteiger partial charge in [0.15, 0.2) is 0 Å². The van der Waals surface area contributed by atoms with Gasteiger partial charge in [-0.1, -0.05) is 20.8 Å². The van der Waals surface area contributed by atoms with Crippen LogP contribution >= 0.6 is 0 Å². The Bertz CT molecular complexity index is 255. The highest BCUT2D eigenvalue weighted by molar-refractivity contribution is 4.83. The summed E-state index contributed by atoms with van der Waals surface area (Å²) in [6.07, 6.45) is 6.53. The van der Waals surface area contributed by atoms with Crippen molar-refractivity contribution < 1.29 is 0 Å². The van der Waals surface area contributed by atoms with Gasteiger partial charge < -0.3 is 15.1 Å². The zero-order valence-corrected chi connectivity index (χ0v) is 15.2. The van der Waals surface area contributed by atoms with Crippen molar-refractivity contribution in [3.05, 3.63) is 0 Å². The molecule has 1 N–H and O–H groups in total. The van der Waals surface area contributed by atoms with E-state index in [1.807, 2.05) is 0 Å². The quantitative estimate of drug-likeness (QED) is 0.625. The standard InChI is InChI=1S/C18H39N3/c1-6-11-19-15-18(7-2,8-3)16-21(5)14-17-9-12-20(4)13-10-17/h17,19H,6-16H2,1-5H3. The molecular formula is C18H39N3. The van der Waals surface area contributed by atoms with Crippen LogP contribution in [0.25, 0.3) is 0 Å². The van der Waals surface area contributed by atoms with Gasteiger partial charge in [0, 0.05) is 19.6 Å². The maximum Gasteiger partial charge on any atom is 0.00470 e. The molecule has 1 fully saturated rings. The van der Waals surface area contributed by atoms with Crippen LogP contribution in [0.3, 0.4) is 0 Å². The second-order valence-corrected chi connectivity index (χ2v) is 7.33. The van der Waals surface area contributed by atoms with Crippen LogP contribution in [0, 0.1) is 11.3 Å². The van der Waals surface area contributed by atoms with E-state index >= 15 is 0 Å². The van der Waals surface area contributed by atoms with Gasteiger partial charge in [-0.2, -0.15) is 0 Å². The summed E-state index contributed by atoms with van der Waals surface area (Å²) in [6.45, 7) is 14.4. The first-order chi connectivity index (χ1) is 10.0. The van der Waals surface area contributed by atoms with Gasteiger partial charge in [-0.3, -0.25) is 0 Å². The maximum atomic E-state index is 3.66. The molecule has 0 aromatic heterocycles. The Kier molecular flexibility index (Phi) is 8.84. The molecule has 3 nitrogen and oxygen atoms in total. The molecule has 3 heteroatoms. The lowest BCUT2D eigenvalue weighted by molar-refractivity contribution is 0.120. The molecule has 21 heavy (non-hydrogen) atoms. The summed E-state index contributed by atoms with van der Waals surface area (Å²) in [4.78, 5) is 5.07. The highest BCUT2D eigenvalue weighted by Crippen LogP contribution is 2.27. The van der Waals surface area contributed by atoms with Crippen molar-refractivity contribution in [3.8, 4) is 0 Å². The fraction of sp³-hybridized carbons (Fsp3) is 1.00. The lowest BCUT2D eigenvalue weighted by Crippen LogP contribution is -2.44. The molecule has 1 heterocycles. The number of nitrogens with zero attached hydrogens (tertiary/aromatic N) is 2. The molecule has 0 atom stereocenters. The summed E-state index contributed by atoms with van der Waals surface area (Å²) in [6, 6.07) is 0. The smallest absolute Gasteiger partial charge is 0.00470 e. The van der Waals surface area contributed by atoms with Crippen molar-refractivity contribution >= 4 is 0 Å². The molecule has 0 saturated carbocycles. The molecule has 0 aromatic carbocycles. The fourth-order valence-corrected chi connectivity index (χ4v) is 3.63. The van der Waals surface area contributed by atoms with E-state index in [9.17, 15) is 0 Å². The van der Waals surface area contributed by atoms with Crippen molar-refractivity contribution in [3.63, 3.8) is 0 Å². The molecule has 0 aliphatic carbocycles. The van der Waals surface area contributed by atoms with Crippen molar-refractivity contribution in [2.75, 3.05) is 53.4 Å². The van der Waals surface area contributed by atoms with Crippen LogP contribution < -0.4 is 5.32 Å².